The standard InChI is InChI=1S/C20H20FN5O2/c1-25-11-18-14(13-28-17-3-2-6-22-9-17)10-26(12-19(18)24-25)20(27)7-16-5-4-15(21)8-23-16/h2-6,8-9,11,14H,7,10,12-13H2,1H3. The number of carbonyl (C=O) groups excluding carboxylic acids is 1. The molecular formula is C20H20FN5O2. The van der Waals surface area contributed by atoms with Gasteiger partial charge in [0.05, 0.1) is 37.7 Å². The molecule has 0 N–H and O–H groups in total. The number of nitrogens with zero attached hydrogens (tertiary/aromatic N) is 5. The van der Waals surface area contributed by atoms with E-state index < -0.39 is 5.82 Å². The molecular weight excluding hydrogens is 361 g/mol. The fourth-order valence-electron chi connectivity index (χ4n) is 3.37. The van der Waals surface area contributed by atoms with Crippen molar-refractivity contribution in [2.75, 3.05) is 13.2 Å². The van der Waals surface area contributed by atoms with Crippen molar-refractivity contribution in [2.24, 2.45) is 7.05 Å². The second-order valence-corrected chi connectivity index (χ2v) is 6.82. The Balaban J connectivity index is 1.48. The molecule has 1 aliphatic heterocycles. The molecule has 0 radical (unpaired) electrons. The van der Waals surface area contributed by atoms with Crippen LogP contribution in [-0.4, -0.2) is 43.7 Å². The molecule has 144 valence electrons. The van der Waals surface area contributed by atoms with Crippen LogP contribution in [0.3, 0.4) is 0 Å². The van der Waals surface area contributed by atoms with Crippen molar-refractivity contribution in [1.82, 2.24) is 24.6 Å². The normalized spacial score (nSPS) is 15.9. The highest BCUT2D eigenvalue weighted by Crippen LogP contribution is 2.28. The summed E-state index contributed by atoms with van der Waals surface area (Å²) in [5, 5.41) is 4.50. The van der Waals surface area contributed by atoms with Crippen molar-refractivity contribution >= 4 is 5.91 Å². The average Bonchev–Trinajstić information content (AvgIpc) is 3.09. The van der Waals surface area contributed by atoms with Crippen LogP contribution in [0.25, 0.3) is 0 Å². The second-order valence-electron chi connectivity index (χ2n) is 6.82. The number of pyridine rings is 2. The lowest BCUT2D eigenvalue weighted by molar-refractivity contribution is -0.132. The first-order chi connectivity index (χ1) is 13.6. The maximum Gasteiger partial charge on any atom is 0.228 e. The van der Waals surface area contributed by atoms with Crippen molar-refractivity contribution in [3.8, 4) is 5.75 Å². The van der Waals surface area contributed by atoms with Gasteiger partial charge in [-0.3, -0.25) is 19.4 Å². The lowest BCUT2D eigenvalue weighted by atomic mass is 9.95. The van der Waals surface area contributed by atoms with E-state index in [4.69, 9.17) is 4.74 Å². The van der Waals surface area contributed by atoms with Crippen LogP contribution in [0.1, 0.15) is 22.9 Å². The molecule has 0 saturated carbocycles. The predicted molar refractivity (Wildman–Crippen MR) is 99.0 cm³/mol. The minimum absolute atomic E-state index is 0.00258. The minimum Gasteiger partial charge on any atom is -0.491 e. The molecule has 1 amide bonds. The number of ether oxygens (including phenoxy) is 1. The van der Waals surface area contributed by atoms with E-state index in [0.717, 1.165) is 17.5 Å². The SMILES string of the molecule is Cn1cc2c(n1)CN(C(=O)Cc1ccc(F)cn1)CC2COc1cccnc1. The molecule has 0 bridgehead atoms. The van der Waals surface area contributed by atoms with E-state index in [2.05, 4.69) is 15.1 Å². The van der Waals surface area contributed by atoms with Gasteiger partial charge in [0.1, 0.15) is 11.6 Å². The monoisotopic (exact) mass is 381 g/mol. The van der Waals surface area contributed by atoms with Crippen LogP contribution in [0.2, 0.25) is 0 Å². The summed E-state index contributed by atoms with van der Waals surface area (Å²) in [4.78, 5) is 22.6. The first kappa shape index (κ1) is 18.1. The van der Waals surface area contributed by atoms with Gasteiger partial charge in [-0.05, 0) is 24.3 Å². The molecule has 1 aliphatic rings. The van der Waals surface area contributed by atoms with Gasteiger partial charge < -0.3 is 9.64 Å². The van der Waals surface area contributed by atoms with E-state index in [-0.39, 0.29) is 18.2 Å². The lowest BCUT2D eigenvalue weighted by Gasteiger charge is -2.32. The predicted octanol–water partition coefficient (Wildman–Crippen LogP) is 2.10. The fraction of sp³-hybridized carbons (Fsp3) is 0.300. The van der Waals surface area contributed by atoms with Crippen molar-refractivity contribution < 1.29 is 13.9 Å². The number of amides is 1. The summed E-state index contributed by atoms with van der Waals surface area (Å²) in [5.74, 6) is 0.205. The van der Waals surface area contributed by atoms with Crippen LogP contribution in [0.5, 0.6) is 5.75 Å². The Morgan fingerprint density at radius 1 is 1.32 bits per heavy atom. The quantitative estimate of drug-likeness (QED) is 0.677. The maximum absolute atomic E-state index is 13.0. The Morgan fingerprint density at radius 3 is 2.96 bits per heavy atom. The zero-order valence-electron chi connectivity index (χ0n) is 15.5. The van der Waals surface area contributed by atoms with Gasteiger partial charge in [0.25, 0.3) is 0 Å². The Labute approximate surface area is 161 Å². The largest absolute Gasteiger partial charge is 0.491 e. The number of aromatic nitrogens is 4. The number of hydrogen-bond donors (Lipinski definition) is 0. The van der Waals surface area contributed by atoms with Gasteiger partial charge in [-0.1, -0.05) is 0 Å². The molecule has 0 saturated heterocycles. The summed E-state index contributed by atoms with van der Waals surface area (Å²) in [6.45, 7) is 1.39. The van der Waals surface area contributed by atoms with Gasteiger partial charge in [-0.25, -0.2) is 4.39 Å². The van der Waals surface area contributed by atoms with E-state index in [0.29, 0.717) is 31.1 Å². The van der Waals surface area contributed by atoms with E-state index >= 15 is 0 Å². The number of halogens is 1. The van der Waals surface area contributed by atoms with Gasteiger partial charge in [-0.2, -0.15) is 5.10 Å². The van der Waals surface area contributed by atoms with E-state index in [1.165, 1.54) is 12.1 Å². The number of carbonyl (C=O) groups is 1. The van der Waals surface area contributed by atoms with Gasteiger partial charge in [0, 0.05) is 43.2 Å². The maximum atomic E-state index is 13.0. The number of rotatable bonds is 5. The third kappa shape index (κ3) is 4.00. The number of fused-ring (bicyclic) bond motifs is 1. The minimum atomic E-state index is -0.417. The Hall–Kier alpha value is -3.29. The van der Waals surface area contributed by atoms with Crippen molar-refractivity contribution in [3.63, 3.8) is 0 Å². The molecule has 1 unspecified atom stereocenters. The van der Waals surface area contributed by atoms with Crippen LogP contribution in [0.15, 0.2) is 49.1 Å². The zero-order chi connectivity index (χ0) is 19.5. The molecule has 8 heteroatoms. The summed E-state index contributed by atoms with van der Waals surface area (Å²) < 4.78 is 20.7. The second kappa shape index (κ2) is 7.75. The van der Waals surface area contributed by atoms with Gasteiger partial charge in [0.15, 0.2) is 0 Å². The topological polar surface area (TPSA) is 73.1 Å². The van der Waals surface area contributed by atoms with E-state index in [1.54, 1.807) is 22.0 Å². The van der Waals surface area contributed by atoms with Crippen LogP contribution in [0.4, 0.5) is 4.39 Å². The van der Waals surface area contributed by atoms with Crippen molar-refractivity contribution in [1.29, 1.82) is 0 Å². The molecule has 0 aliphatic carbocycles. The first-order valence-corrected chi connectivity index (χ1v) is 9.02. The average molecular weight is 381 g/mol. The van der Waals surface area contributed by atoms with Gasteiger partial charge in [0.2, 0.25) is 5.91 Å². The summed E-state index contributed by atoms with van der Waals surface area (Å²) in [6, 6.07) is 6.51. The van der Waals surface area contributed by atoms with E-state index in [9.17, 15) is 9.18 Å². The summed E-state index contributed by atoms with van der Waals surface area (Å²) in [5.41, 5.74) is 2.51. The summed E-state index contributed by atoms with van der Waals surface area (Å²) in [7, 11) is 1.87. The molecule has 3 aromatic heterocycles. The molecule has 4 heterocycles. The van der Waals surface area contributed by atoms with Crippen LogP contribution in [0, 0.1) is 5.82 Å². The van der Waals surface area contributed by atoms with Crippen LogP contribution in [-0.2, 0) is 24.8 Å². The van der Waals surface area contributed by atoms with Crippen LogP contribution < -0.4 is 4.74 Å². The Morgan fingerprint density at radius 2 is 2.21 bits per heavy atom. The molecule has 0 aromatic carbocycles. The number of hydrogen-bond acceptors (Lipinski definition) is 5. The Kier molecular flexibility index (Phi) is 5.01. The third-order valence-electron chi connectivity index (χ3n) is 4.72. The van der Waals surface area contributed by atoms with Crippen molar-refractivity contribution in [3.05, 3.63) is 71.8 Å². The lowest BCUT2D eigenvalue weighted by Crippen LogP contribution is -2.40. The van der Waals surface area contributed by atoms with E-state index in [1.807, 2.05) is 25.4 Å². The van der Waals surface area contributed by atoms with Crippen LogP contribution >= 0.6 is 0 Å². The highest BCUT2D eigenvalue weighted by Gasteiger charge is 2.31. The van der Waals surface area contributed by atoms with Gasteiger partial charge >= 0.3 is 0 Å². The summed E-state index contributed by atoms with van der Waals surface area (Å²) in [6.07, 6.45) is 6.58. The zero-order valence-corrected chi connectivity index (χ0v) is 15.5. The third-order valence-corrected chi connectivity index (χ3v) is 4.72. The highest BCUT2D eigenvalue weighted by molar-refractivity contribution is 5.78. The first-order valence-electron chi connectivity index (χ1n) is 9.02. The molecule has 4 rings (SSSR count). The molecule has 28 heavy (non-hydrogen) atoms. The molecule has 3 aromatic rings. The Bertz CT molecular complexity index is 958. The highest BCUT2D eigenvalue weighted by atomic mass is 19.1. The molecule has 0 fully saturated rings. The molecule has 1 atom stereocenters. The van der Waals surface area contributed by atoms with Gasteiger partial charge in [-0.15, -0.1) is 0 Å². The van der Waals surface area contributed by atoms with Crippen molar-refractivity contribution in [2.45, 2.75) is 18.9 Å². The molecule has 7 nitrogen and oxygen atoms in total. The smallest absolute Gasteiger partial charge is 0.228 e. The molecule has 0 spiro atoms. The number of aryl methyl sites for hydroxylation is 1. The summed E-state index contributed by atoms with van der Waals surface area (Å²) >= 11 is 0. The fourth-order valence-corrected chi connectivity index (χ4v) is 3.37.